The molecule has 0 atom stereocenters. The highest BCUT2D eigenvalue weighted by molar-refractivity contribution is 9.10. The van der Waals surface area contributed by atoms with E-state index in [0.717, 1.165) is 18.9 Å². The van der Waals surface area contributed by atoms with Crippen molar-refractivity contribution in [1.29, 1.82) is 0 Å². The van der Waals surface area contributed by atoms with E-state index >= 15 is 0 Å². The third kappa shape index (κ3) is 5.40. The maximum atomic E-state index is 12.8. The number of carbonyl (C=O) groups excluding carboxylic acids is 1. The Bertz CT molecular complexity index is 463. The van der Waals surface area contributed by atoms with Crippen LogP contribution in [0.4, 0.5) is 18.9 Å². The van der Waals surface area contributed by atoms with E-state index in [1.54, 1.807) is 0 Å². The summed E-state index contributed by atoms with van der Waals surface area (Å²) in [6.45, 7) is 2.33. The van der Waals surface area contributed by atoms with Crippen molar-refractivity contribution >= 4 is 27.5 Å². The average molecular weight is 353 g/mol. The summed E-state index contributed by atoms with van der Waals surface area (Å²) in [5.41, 5.74) is -0.903. The molecule has 0 aromatic heterocycles. The lowest BCUT2D eigenvalue weighted by molar-refractivity contribution is -0.137. The first-order valence-electron chi connectivity index (χ1n) is 6.22. The minimum atomic E-state index is -4.47. The second-order valence-corrected chi connectivity index (χ2v) is 5.16. The normalized spacial score (nSPS) is 11.2. The van der Waals surface area contributed by atoms with Gasteiger partial charge >= 0.3 is 6.18 Å². The van der Waals surface area contributed by atoms with Crippen LogP contribution in [0, 0.1) is 0 Å². The second kappa shape index (κ2) is 7.52. The summed E-state index contributed by atoms with van der Waals surface area (Å²) < 4.78 is 38.9. The highest BCUT2D eigenvalue weighted by Crippen LogP contribution is 2.36. The van der Waals surface area contributed by atoms with Crippen molar-refractivity contribution in [3.63, 3.8) is 0 Å². The van der Waals surface area contributed by atoms with Crippen molar-refractivity contribution in [2.45, 2.75) is 25.9 Å². The van der Waals surface area contributed by atoms with E-state index in [1.165, 1.54) is 12.1 Å². The monoisotopic (exact) mass is 352 g/mol. The van der Waals surface area contributed by atoms with Gasteiger partial charge in [-0.3, -0.25) is 4.79 Å². The summed E-state index contributed by atoms with van der Waals surface area (Å²) in [6.07, 6.45) is -2.68. The molecular weight excluding hydrogens is 337 g/mol. The summed E-state index contributed by atoms with van der Waals surface area (Å²) in [7, 11) is 0. The van der Waals surface area contributed by atoms with Crippen molar-refractivity contribution in [3.05, 3.63) is 28.2 Å². The summed E-state index contributed by atoms with van der Waals surface area (Å²) in [5, 5.41) is 5.15. The number of halogens is 4. The molecule has 112 valence electrons. The molecule has 0 bridgehead atoms. The number of anilines is 1. The van der Waals surface area contributed by atoms with Crippen LogP contribution in [0.2, 0.25) is 0 Å². The fraction of sp³-hybridized carbons (Fsp3) is 0.462. The Kier molecular flexibility index (Phi) is 6.32. The van der Waals surface area contributed by atoms with Gasteiger partial charge in [-0.05, 0) is 24.6 Å². The third-order valence-electron chi connectivity index (χ3n) is 2.58. The van der Waals surface area contributed by atoms with Crippen LogP contribution in [0.5, 0.6) is 0 Å². The predicted molar refractivity (Wildman–Crippen MR) is 75.6 cm³/mol. The molecule has 1 amide bonds. The van der Waals surface area contributed by atoms with E-state index < -0.39 is 11.7 Å². The lowest BCUT2D eigenvalue weighted by atomic mass is 10.1. The van der Waals surface area contributed by atoms with Gasteiger partial charge in [-0.1, -0.05) is 29.3 Å². The maximum Gasteiger partial charge on any atom is 0.418 e. The minimum Gasteiger partial charge on any atom is -0.376 e. The Morgan fingerprint density at radius 1 is 1.35 bits per heavy atom. The van der Waals surface area contributed by atoms with E-state index in [4.69, 9.17) is 0 Å². The Morgan fingerprint density at radius 3 is 2.65 bits per heavy atom. The molecule has 0 unspecified atom stereocenters. The quantitative estimate of drug-likeness (QED) is 0.764. The molecule has 3 nitrogen and oxygen atoms in total. The van der Waals surface area contributed by atoms with Crippen molar-refractivity contribution in [2.24, 2.45) is 0 Å². The molecule has 0 saturated carbocycles. The number of hydrogen-bond donors (Lipinski definition) is 2. The van der Waals surface area contributed by atoms with E-state index in [0.29, 0.717) is 11.0 Å². The van der Waals surface area contributed by atoms with Gasteiger partial charge in [0, 0.05) is 16.7 Å². The molecule has 1 rings (SSSR count). The molecule has 0 aliphatic heterocycles. The van der Waals surface area contributed by atoms with Crippen LogP contribution < -0.4 is 10.6 Å². The van der Waals surface area contributed by atoms with Crippen LogP contribution in [0.3, 0.4) is 0 Å². The van der Waals surface area contributed by atoms with Crippen LogP contribution in [0.25, 0.3) is 0 Å². The van der Waals surface area contributed by atoms with Gasteiger partial charge in [0.1, 0.15) is 0 Å². The Morgan fingerprint density at radius 2 is 2.05 bits per heavy atom. The highest BCUT2D eigenvalue weighted by atomic mass is 79.9. The van der Waals surface area contributed by atoms with Gasteiger partial charge in [0.05, 0.1) is 12.1 Å². The first-order valence-corrected chi connectivity index (χ1v) is 7.01. The number of benzene rings is 1. The van der Waals surface area contributed by atoms with E-state index in [-0.39, 0.29) is 18.1 Å². The summed E-state index contributed by atoms with van der Waals surface area (Å²) in [6, 6.07) is 3.77. The molecule has 0 aliphatic rings. The van der Waals surface area contributed by atoms with E-state index in [9.17, 15) is 18.0 Å². The fourth-order valence-electron chi connectivity index (χ4n) is 1.55. The van der Waals surface area contributed by atoms with Crippen LogP contribution in [0.15, 0.2) is 22.7 Å². The number of carbonyl (C=O) groups is 1. The van der Waals surface area contributed by atoms with Crippen LogP contribution in [0.1, 0.15) is 25.3 Å². The molecule has 0 spiro atoms. The predicted octanol–water partition coefficient (Wildman–Crippen LogP) is 3.80. The number of alkyl halides is 3. The van der Waals surface area contributed by atoms with Gasteiger partial charge in [0.2, 0.25) is 5.91 Å². The first-order chi connectivity index (χ1) is 9.34. The molecule has 1 aromatic carbocycles. The zero-order valence-electron chi connectivity index (χ0n) is 11.0. The van der Waals surface area contributed by atoms with Crippen LogP contribution >= 0.6 is 15.9 Å². The molecule has 7 heteroatoms. The van der Waals surface area contributed by atoms with Gasteiger partial charge < -0.3 is 10.6 Å². The average Bonchev–Trinajstić information content (AvgIpc) is 2.36. The molecule has 1 aromatic rings. The Labute approximate surface area is 124 Å². The molecule has 0 saturated heterocycles. The number of hydrogen-bond acceptors (Lipinski definition) is 2. The van der Waals surface area contributed by atoms with E-state index in [2.05, 4.69) is 26.6 Å². The number of unbranched alkanes of at least 4 members (excludes halogenated alkanes) is 1. The molecular formula is C13H16BrF3N2O. The molecule has 0 radical (unpaired) electrons. The first kappa shape index (κ1) is 16.8. The lowest BCUT2D eigenvalue weighted by Crippen LogP contribution is -2.31. The second-order valence-electron chi connectivity index (χ2n) is 4.24. The number of nitrogens with one attached hydrogen (secondary N) is 2. The smallest absolute Gasteiger partial charge is 0.376 e. The van der Waals surface area contributed by atoms with Crippen molar-refractivity contribution in [1.82, 2.24) is 5.32 Å². The summed E-state index contributed by atoms with van der Waals surface area (Å²) >= 11 is 3.00. The molecule has 20 heavy (non-hydrogen) atoms. The third-order valence-corrected chi connectivity index (χ3v) is 3.07. The largest absolute Gasteiger partial charge is 0.418 e. The fourth-order valence-corrected chi connectivity index (χ4v) is 1.91. The van der Waals surface area contributed by atoms with Gasteiger partial charge in [-0.25, -0.2) is 0 Å². The summed E-state index contributed by atoms with van der Waals surface area (Å²) in [5.74, 6) is -0.325. The molecule has 0 heterocycles. The Hall–Kier alpha value is -1.24. The molecule has 0 aliphatic carbocycles. The van der Waals surface area contributed by atoms with Crippen molar-refractivity contribution in [2.75, 3.05) is 18.4 Å². The van der Waals surface area contributed by atoms with Gasteiger partial charge in [-0.15, -0.1) is 0 Å². The van der Waals surface area contributed by atoms with Crippen molar-refractivity contribution in [3.8, 4) is 0 Å². The molecule has 0 fully saturated rings. The van der Waals surface area contributed by atoms with Gasteiger partial charge in [-0.2, -0.15) is 13.2 Å². The summed E-state index contributed by atoms with van der Waals surface area (Å²) in [4.78, 5) is 11.5. The minimum absolute atomic E-state index is 0.105. The van der Waals surface area contributed by atoms with E-state index in [1.807, 2.05) is 6.92 Å². The molecule has 2 N–H and O–H groups in total. The standard InChI is InChI=1S/C13H16BrF3N2O/c1-2-3-6-18-12(20)8-19-11-5-4-9(14)7-10(11)13(15,16)17/h4-5,7,19H,2-3,6,8H2,1H3,(H,18,20). The number of rotatable bonds is 6. The SMILES string of the molecule is CCCCNC(=O)CNc1ccc(Br)cc1C(F)(F)F. The Balaban J connectivity index is 2.66. The zero-order valence-corrected chi connectivity index (χ0v) is 12.6. The van der Waals surface area contributed by atoms with Gasteiger partial charge in [0.25, 0.3) is 0 Å². The van der Waals surface area contributed by atoms with Gasteiger partial charge in [0.15, 0.2) is 0 Å². The van der Waals surface area contributed by atoms with Crippen molar-refractivity contribution < 1.29 is 18.0 Å². The number of amides is 1. The van der Waals surface area contributed by atoms with Crippen LogP contribution in [-0.2, 0) is 11.0 Å². The lowest BCUT2D eigenvalue weighted by Gasteiger charge is -2.15. The maximum absolute atomic E-state index is 12.8. The highest BCUT2D eigenvalue weighted by Gasteiger charge is 2.33. The van der Waals surface area contributed by atoms with Crippen LogP contribution in [-0.4, -0.2) is 19.0 Å². The zero-order chi connectivity index (χ0) is 15.2. The topological polar surface area (TPSA) is 41.1 Å².